The van der Waals surface area contributed by atoms with Crippen LogP contribution in [0.3, 0.4) is 0 Å². The van der Waals surface area contributed by atoms with E-state index < -0.39 is 0 Å². The normalized spacial score (nSPS) is 16.0. The molecule has 1 amide bonds. The molecule has 0 aliphatic carbocycles. The number of rotatable bonds is 2. The fourth-order valence-corrected chi connectivity index (χ4v) is 2.12. The second-order valence-corrected chi connectivity index (χ2v) is 3.86. The second-order valence-electron chi connectivity index (χ2n) is 3.86. The highest BCUT2D eigenvalue weighted by Gasteiger charge is 2.26. The lowest BCUT2D eigenvalue weighted by Crippen LogP contribution is -2.43. The molecule has 1 aliphatic rings. The SMILES string of the molecule is CNC(=O)[C@H](C)N1CCc2ccccc21. The Hall–Kier alpha value is -1.51. The Kier molecular flexibility index (Phi) is 2.62. The minimum atomic E-state index is -0.0846. The molecule has 0 unspecified atom stereocenters. The number of carbonyl (C=O) groups is 1. The van der Waals surface area contributed by atoms with Gasteiger partial charge in [-0.2, -0.15) is 0 Å². The number of nitrogens with one attached hydrogen (secondary N) is 1. The fourth-order valence-electron chi connectivity index (χ4n) is 2.12. The molecule has 80 valence electrons. The first kappa shape index (κ1) is 10.0. The lowest BCUT2D eigenvalue weighted by Gasteiger charge is -2.25. The van der Waals surface area contributed by atoms with E-state index in [4.69, 9.17) is 0 Å². The van der Waals surface area contributed by atoms with E-state index in [1.54, 1.807) is 7.05 Å². The van der Waals surface area contributed by atoms with Gasteiger partial charge in [-0.15, -0.1) is 0 Å². The standard InChI is InChI=1S/C12H16N2O/c1-9(12(15)13-2)14-8-7-10-5-3-4-6-11(10)14/h3-6,9H,7-8H2,1-2H3,(H,13,15)/t9-/m0/s1. The number of benzene rings is 1. The molecule has 0 aromatic heterocycles. The van der Waals surface area contributed by atoms with Crippen LogP contribution in [0, 0.1) is 0 Å². The number of hydrogen-bond donors (Lipinski definition) is 1. The van der Waals surface area contributed by atoms with Gasteiger partial charge in [-0.25, -0.2) is 0 Å². The predicted octanol–water partition coefficient (Wildman–Crippen LogP) is 1.18. The second kappa shape index (κ2) is 3.93. The van der Waals surface area contributed by atoms with Crippen LogP contribution in [-0.4, -0.2) is 25.5 Å². The minimum Gasteiger partial charge on any atom is -0.359 e. The zero-order chi connectivity index (χ0) is 10.8. The average molecular weight is 204 g/mol. The van der Waals surface area contributed by atoms with Crippen LogP contribution in [0.2, 0.25) is 0 Å². The summed E-state index contributed by atoms with van der Waals surface area (Å²) in [5.41, 5.74) is 2.54. The fraction of sp³-hybridized carbons (Fsp3) is 0.417. The van der Waals surface area contributed by atoms with Crippen LogP contribution in [-0.2, 0) is 11.2 Å². The van der Waals surface area contributed by atoms with Crippen LogP contribution in [0.4, 0.5) is 5.69 Å². The van der Waals surface area contributed by atoms with E-state index in [1.807, 2.05) is 19.1 Å². The molecule has 0 bridgehead atoms. The molecule has 2 rings (SSSR count). The molecular formula is C12H16N2O. The predicted molar refractivity (Wildman–Crippen MR) is 61.0 cm³/mol. The molecule has 0 fully saturated rings. The smallest absolute Gasteiger partial charge is 0.242 e. The Bertz CT molecular complexity index is 376. The van der Waals surface area contributed by atoms with Gasteiger partial charge in [0.15, 0.2) is 0 Å². The lowest BCUT2D eigenvalue weighted by atomic mass is 10.2. The van der Waals surface area contributed by atoms with Gasteiger partial charge in [-0.05, 0) is 25.0 Å². The third kappa shape index (κ3) is 1.69. The molecule has 0 radical (unpaired) electrons. The summed E-state index contributed by atoms with van der Waals surface area (Å²) >= 11 is 0. The Morgan fingerprint density at radius 1 is 1.47 bits per heavy atom. The highest BCUT2D eigenvalue weighted by atomic mass is 16.2. The largest absolute Gasteiger partial charge is 0.359 e. The van der Waals surface area contributed by atoms with Crippen LogP contribution >= 0.6 is 0 Å². The van der Waals surface area contributed by atoms with Crippen LogP contribution in [0.5, 0.6) is 0 Å². The molecule has 0 saturated heterocycles. The summed E-state index contributed by atoms with van der Waals surface area (Å²) in [6.45, 7) is 2.88. The number of nitrogens with zero attached hydrogens (tertiary/aromatic N) is 1. The zero-order valence-electron chi connectivity index (χ0n) is 9.16. The van der Waals surface area contributed by atoms with Gasteiger partial charge in [0.05, 0.1) is 0 Å². The van der Waals surface area contributed by atoms with Gasteiger partial charge in [0.2, 0.25) is 5.91 Å². The maximum atomic E-state index is 11.6. The van der Waals surface area contributed by atoms with Gasteiger partial charge in [0.25, 0.3) is 0 Å². The van der Waals surface area contributed by atoms with E-state index in [2.05, 4.69) is 22.3 Å². The highest BCUT2D eigenvalue weighted by molar-refractivity contribution is 5.85. The van der Waals surface area contributed by atoms with Crippen molar-refractivity contribution >= 4 is 11.6 Å². The number of anilines is 1. The van der Waals surface area contributed by atoms with E-state index >= 15 is 0 Å². The van der Waals surface area contributed by atoms with E-state index in [9.17, 15) is 4.79 Å². The van der Waals surface area contributed by atoms with Crippen molar-refractivity contribution in [3.05, 3.63) is 29.8 Å². The van der Waals surface area contributed by atoms with Crippen LogP contribution in [0.25, 0.3) is 0 Å². The molecule has 1 heterocycles. The number of amides is 1. The third-order valence-corrected chi connectivity index (χ3v) is 3.02. The summed E-state index contributed by atoms with van der Waals surface area (Å²) in [4.78, 5) is 13.7. The van der Waals surface area contributed by atoms with E-state index in [1.165, 1.54) is 11.3 Å². The van der Waals surface area contributed by atoms with Crippen LogP contribution in [0.1, 0.15) is 12.5 Å². The third-order valence-electron chi connectivity index (χ3n) is 3.02. The molecule has 1 aromatic rings. The molecule has 1 aromatic carbocycles. The van der Waals surface area contributed by atoms with Crippen molar-refractivity contribution in [1.82, 2.24) is 5.32 Å². The maximum absolute atomic E-state index is 11.6. The molecular weight excluding hydrogens is 188 g/mol. The van der Waals surface area contributed by atoms with Gasteiger partial charge < -0.3 is 10.2 Å². The summed E-state index contributed by atoms with van der Waals surface area (Å²) in [5, 5.41) is 2.69. The average Bonchev–Trinajstić information content (AvgIpc) is 2.70. The van der Waals surface area contributed by atoms with Crippen molar-refractivity contribution in [2.24, 2.45) is 0 Å². The summed E-state index contributed by atoms with van der Waals surface area (Å²) in [6, 6.07) is 8.20. The first-order valence-electron chi connectivity index (χ1n) is 5.30. The van der Waals surface area contributed by atoms with Gasteiger partial charge in [-0.3, -0.25) is 4.79 Å². The highest BCUT2D eigenvalue weighted by Crippen LogP contribution is 2.28. The quantitative estimate of drug-likeness (QED) is 0.784. The number of hydrogen-bond acceptors (Lipinski definition) is 2. The monoisotopic (exact) mass is 204 g/mol. The number of likely N-dealkylation sites (N-methyl/N-ethyl adjacent to an activating group) is 1. The van der Waals surface area contributed by atoms with Gasteiger partial charge in [-0.1, -0.05) is 18.2 Å². The zero-order valence-corrected chi connectivity index (χ0v) is 9.16. The summed E-state index contributed by atoms with van der Waals surface area (Å²) in [5.74, 6) is 0.0757. The van der Waals surface area contributed by atoms with Crippen molar-refractivity contribution < 1.29 is 4.79 Å². The number of fused-ring (bicyclic) bond motifs is 1. The first-order valence-corrected chi connectivity index (χ1v) is 5.30. The van der Waals surface area contributed by atoms with Gasteiger partial charge >= 0.3 is 0 Å². The van der Waals surface area contributed by atoms with Crippen molar-refractivity contribution in [2.75, 3.05) is 18.5 Å². The summed E-state index contributed by atoms with van der Waals surface area (Å²) in [6.07, 6.45) is 1.04. The molecule has 0 spiro atoms. The first-order chi connectivity index (χ1) is 7.24. The molecule has 3 nitrogen and oxygen atoms in total. The van der Waals surface area contributed by atoms with E-state index in [-0.39, 0.29) is 11.9 Å². The van der Waals surface area contributed by atoms with Crippen molar-refractivity contribution in [3.63, 3.8) is 0 Å². The van der Waals surface area contributed by atoms with E-state index in [0.717, 1.165) is 13.0 Å². The molecule has 1 N–H and O–H groups in total. The van der Waals surface area contributed by atoms with Crippen molar-refractivity contribution in [3.8, 4) is 0 Å². The summed E-state index contributed by atoms with van der Waals surface area (Å²) < 4.78 is 0. The number of carbonyl (C=O) groups excluding carboxylic acids is 1. The van der Waals surface area contributed by atoms with E-state index in [0.29, 0.717) is 0 Å². The molecule has 0 saturated carbocycles. The lowest BCUT2D eigenvalue weighted by molar-refractivity contribution is -0.121. The Balaban J connectivity index is 2.24. The molecule has 1 aliphatic heterocycles. The van der Waals surface area contributed by atoms with Gasteiger partial charge in [0.1, 0.15) is 6.04 Å². The van der Waals surface area contributed by atoms with Crippen molar-refractivity contribution in [2.45, 2.75) is 19.4 Å². The Morgan fingerprint density at radius 2 is 2.20 bits per heavy atom. The Morgan fingerprint density at radius 3 is 2.93 bits per heavy atom. The molecule has 3 heteroatoms. The van der Waals surface area contributed by atoms with Gasteiger partial charge in [0, 0.05) is 19.3 Å². The topological polar surface area (TPSA) is 32.3 Å². The minimum absolute atomic E-state index is 0.0757. The number of para-hydroxylation sites is 1. The summed E-state index contributed by atoms with van der Waals surface area (Å²) in [7, 11) is 1.68. The Labute approximate surface area is 90.1 Å². The van der Waals surface area contributed by atoms with Crippen LogP contribution in [0.15, 0.2) is 24.3 Å². The molecule has 15 heavy (non-hydrogen) atoms. The molecule has 1 atom stereocenters. The van der Waals surface area contributed by atoms with Crippen LogP contribution < -0.4 is 10.2 Å². The van der Waals surface area contributed by atoms with Crippen molar-refractivity contribution in [1.29, 1.82) is 0 Å². The maximum Gasteiger partial charge on any atom is 0.242 e.